The van der Waals surface area contributed by atoms with Gasteiger partial charge in [0.25, 0.3) is 5.91 Å². The van der Waals surface area contributed by atoms with Crippen molar-refractivity contribution in [2.24, 2.45) is 0 Å². The van der Waals surface area contributed by atoms with Crippen molar-refractivity contribution >= 4 is 15.9 Å². The molecule has 172 valence electrons. The maximum atomic E-state index is 13.4. The number of rotatable bonds is 5. The average molecular weight is 450 g/mol. The molecule has 8 heteroatoms. The van der Waals surface area contributed by atoms with Gasteiger partial charge in [-0.15, -0.1) is 0 Å². The second kappa shape index (κ2) is 9.88. The van der Waals surface area contributed by atoms with Crippen LogP contribution < -0.4 is 4.74 Å². The van der Waals surface area contributed by atoms with Crippen molar-refractivity contribution in [1.82, 2.24) is 14.1 Å². The second-order valence-electron chi connectivity index (χ2n) is 8.95. The Balaban J connectivity index is 1.51. The number of ether oxygens (including phenoxy) is 1. The van der Waals surface area contributed by atoms with Crippen LogP contribution in [0.5, 0.6) is 5.75 Å². The molecule has 1 aromatic carbocycles. The highest BCUT2D eigenvalue weighted by Crippen LogP contribution is 2.30. The lowest BCUT2D eigenvalue weighted by Gasteiger charge is -2.38. The quantitative estimate of drug-likeness (QED) is 0.691. The molecule has 2 aliphatic heterocycles. The van der Waals surface area contributed by atoms with Gasteiger partial charge in [-0.1, -0.05) is 25.7 Å². The molecule has 2 heterocycles. The Labute approximate surface area is 186 Å². The van der Waals surface area contributed by atoms with Crippen molar-refractivity contribution in [1.29, 1.82) is 0 Å². The van der Waals surface area contributed by atoms with Gasteiger partial charge in [0.05, 0.1) is 7.11 Å². The number of carbonyl (C=O) groups excluding carboxylic acids is 1. The molecular weight excluding hydrogens is 414 g/mol. The third-order valence-electron chi connectivity index (χ3n) is 7.04. The van der Waals surface area contributed by atoms with Crippen molar-refractivity contribution in [3.8, 4) is 5.75 Å². The summed E-state index contributed by atoms with van der Waals surface area (Å²) >= 11 is 0. The van der Waals surface area contributed by atoms with Gasteiger partial charge in [0.15, 0.2) is 0 Å². The molecule has 2 saturated heterocycles. The van der Waals surface area contributed by atoms with Crippen LogP contribution in [0.2, 0.25) is 0 Å². The highest BCUT2D eigenvalue weighted by Gasteiger charge is 2.31. The molecule has 0 atom stereocenters. The molecule has 0 radical (unpaired) electrons. The summed E-state index contributed by atoms with van der Waals surface area (Å²) in [4.78, 5) is 17.7. The maximum Gasteiger partial charge on any atom is 0.253 e. The molecule has 0 aromatic heterocycles. The molecule has 7 nitrogen and oxygen atoms in total. The number of methoxy groups -OCH3 is 1. The van der Waals surface area contributed by atoms with Gasteiger partial charge in [-0.3, -0.25) is 9.69 Å². The summed E-state index contributed by atoms with van der Waals surface area (Å²) in [5.41, 5.74) is 0.420. The zero-order valence-electron chi connectivity index (χ0n) is 18.6. The second-order valence-corrected chi connectivity index (χ2v) is 10.9. The number of nitrogens with zero attached hydrogens (tertiary/aromatic N) is 3. The van der Waals surface area contributed by atoms with E-state index in [9.17, 15) is 13.2 Å². The largest absolute Gasteiger partial charge is 0.495 e. The minimum Gasteiger partial charge on any atom is -0.495 e. The SMILES string of the molecule is COc1ccc(C(=O)N2CCN(C3CCCC3)CC2)cc1S(=O)(=O)N1CCCCCC1. The van der Waals surface area contributed by atoms with Crippen molar-refractivity contribution in [3.63, 3.8) is 0 Å². The van der Waals surface area contributed by atoms with Crippen molar-refractivity contribution in [2.75, 3.05) is 46.4 Å². The fraction of sp³-hybridized carbons (Fsp3) is 0.696. The zero-order chi connectivity index (χ0) is 21.8. The van der Waals surface area contributed by atoms with Gasteiger partial charge in [0, 0.05) is 50.9 Å². The topological polar surface area (TPSA) is 70.2 Å². The molecule has 0 unspecified atom stereocenters. The van der Waals surface area contributed by atoms with Crippen LogP contribution in [0.25, 0.3) is 0 Å². The first-order valence-electron chi connectivity index (χ1n) is 11.7. The van der Waals surface area contributed by atoms with E-state index in [0.717, 1.165) is 38.8 Å². The van der Waals surface area contributed by atoms with E-state index in [1.54, 1.807) is 16.4 Å². The lowest BCUT2D eigenvalue weighted by atomic mass is 10.1. The Morgan fingerprint density at radius 1 is 0.903 bits per heavy atom. The minimum absolute atomic E-state index is 0.0963. The predicted octanol–water partition coefficient (Wildman–Crippen LogP) is 2.96. The summed E-state index contributed by atoms with van der Waals surface area (Å²) in [6.07, 6.45) is 8.99. The van der Waals surface area contributed by atoms with Crippen molar-refractivity contribution in [2.45, 2.75) is 62.3 Å². The Morgan fingerprint density at radius 2 is 1.55 bits per heavy atom. The van der Waals surface area contributed by atoms with Gasteiger partial charge >= 0.3 is 0 Å². The Hall–Kier alpha value is -1.64. The molecule has 0 bridgehead atoms. The monoisotopic (exact) mass is 449 g/mol. The van der Waals surface area contributed by atoms with Crippen LogP contribution in [-0.2, 0) is 10.0 Å². The Bertz CT molecular complexity index is 867. The molecule has 1 amide bonds. The van der Waals surface area contributed by atoms with Gasteiger partial charge in [-0.2, -0.15) is 4.31 Å². The van der Waals surface area contributed by atoms with Crippen LogP contribution in [0, 0.1) is 0 Å². The summed E-state index contributed by atoms with van der Waals surface area (Å²) in [5.74, 6) is 0.202. The van der Waals surface area contributed by atoms with Crippen LogP contribution >= 0.6 is 0 Å². The number of hydrogen-bond donors (Lipinski definition) is 0. The lowest BCUT2D eigenvalue weighted by molar-refractivity contribution is 0.0573. The Kier molecular flexibility index (Phi) is 7.19. The lowest BCUT2D eigenvalue weighted by Crippen LogP contribution is -2.51. The van der Waals surface area contributed by atoms with Crippen LogP contribution in [0.1, 0.15) is 61.7 Å². The average Bonchev–Trinajstić information content (AvgIpc) is 3.19. The number of sulfonamides is 1. The first-order valence-corrected chi connectivity index (χ1v) is 13.2. The van der Waals surface area contributed by atoms with Gasteiger partial charge in [-0.25, -0.2) is 8.42 Å². The molecular formula is C23H35N3O4S. The highest BCUT2D eigenvalue weighted by molar-refractivity contribution is 7.89. The van der Waals surface area contributed by atoms with Crippen molar-refractivity contribution < 1.29 is 17.9 Å². The fourth-order valence-electron chi connectivity index (χ4n) is 5.17. The molecule has 1 aromatic rings. The number of hydrogen-bond acceptors (Lipinski definition) is 5. The van der Waals surface area contributed by atoms with E-state index in [0.29, 0.717) is 43.5 Å². The smallest absolute Gasteiger partial charge is 0.253 e. The van der Waals surface area contributed by atoms with E-state index in [4.69, 9.17) is 4.74 Å². The first-order chi connectivity index (χ1) is 15.0. The zero-order valence-corrected chi connectivity index (χ0v) is 19.4. The number of piperazine rings is 1. The molecule has 0 N–H and O–H groups in total. The molecule has 1 aliphatic carbocycles. The minimum atomic E-state index is -3.71. The third kappa shape index (κ3) is 4.91. The normalized spacial score (nSPS) is 22.4. The van der Waals surface area contributed by atoms with E-state index >= 15 is 0 Å². The van der Waals surface area contributed by atoms with Crippen LogP contribution in [0.15, 0.2) is 23.1 Å². The van der Waals surface area contributed by atoms with E-state index in [1.165, 1.54) is 38.9 Å². The molecule has 31 heavy (non-hydrogen) atoms. The van der Waals surface area contributed by atoms with E-state index in [2.05, 4.69) is 4.90 Å². The molecule has 4 rings (SSSR count). The predicted molar refractivity (Wildman–Crippen MR) is 120 cm³/mol. The standard InChI is InChI=1S/C23H35N3O4S/c1-30-21-11-10-19(18-22(21)31(28,29)26-12-6-2-3-7-13-26)23(27)25-16-14-24(15-17-25)20-8-4-5-9-20/h10-11,18,20H,2-9,12-17H2,1H3. The summed E-state index contributed by atoms with van der Waals surface area (Å²) in [6.45, 7) is 4.21. The van der Waals surface area contributed by atoms with E-state index in [1.807, 2.05) is 4.90 Å². The van der Waals surface area contributed by atoms with Crippen molar-refractivity contribution in [3.05, 3.63) is 23.8 Å². The highest BCUT2D eigenvalue weighted by atomic mass is 32.2. The fourth-order valence-corrected chi connectivity index (χ4v) is 6.87. The molecule has 1 saturated carbocycles. The van der Waals surface area contributed by atoms with Gasteiger partial charge in [0.1, 0.15) is 10.6 Å². The molecule has 0 spiro atoms. The van der Waals surface area contributed by atoms with E-state index in [-0.39, 0.29) is 10.8 Å². The maximum absolute atomic E-state index is 13.4. The Morgan fingerprint density at radius 3 is 2.16 bits per heavy atom. The number of amides is 1. The summed E-state index contributed by atoms with van der Waals surface area (Å²) < 4.78 is 33.7. The summed E-state index contributed by atoms with van der Waals surface area (Å²) in [6, 6.07) is 5.49. The van der Waals surface area contributed by atoms with Crippen LogP contribution in [0.3, 0.4) is 0 Å². The third-order valence-corrected chi connectivity index (χ3v) is 8.96. The van der Waals surface area contributed by atoms with Crippen LogP contribution in [0.4, 0.5) is 0 Å². The first kappa shape index (κ1) is 22.6. The summed E-state index contributed by atoms with van der Waals surface area (Å²) in [7, 11) is -2.23. The van der Waals surface area contributed by atoms with E-state index < -0.39 is 10.0 Å². The van der Waals surface area contributed by atoms with Gasteiger partial charge in [0.2, 0.25) is 10.0 Å². The summed E-state index contributed by atoms with van der Waals surface area (Å²) in [5, 5.41) is 0. The van der Waals surface area contributed by atoms with Gasteiger partial charge in [-0.05, 0) is 43.9 Å². The number of benzene rings is 1. The van der Waals surface area contributed by atoms with Crippen LogP contribution in [-0.4, -0.2) is 80.9 Å². The number of carbonyl (C=O) groups is 1. The molecule has 3 aliphatic rings. The molecule has 3 fully saturated rings. The van der Waals surface area contributed by atoms with Gasteiger partial charge < -0.3 is 9.64 Å².